The molecule has 0 radical (unpaired) electrons. The monoisotopic (exact) mass is 330 g/mol. The van der Waals surface area contributed by atoms with Gasteiger partial charge in [-0.05, 0) is 57.4 Å². The highest BCUT2D eigenvalue weighted by Crippen LogP contribution is 2.36. The first-order valence-electron chi connectivity index (χ1n) is 8.21. The average Bonchev–Trinajstić information content (AvgIpc) is 2.50. The third kappa shape index (κ3) is 4.16. The van der Waals surface area contributed by atoms with Crippen LogP contribution < -0.4 is 10.6 Å². The summed E-state index contributed by atoms with van der Waals surface area (Å²) in [5.74, 6) is -0.390. The zero-order valence-electron chi connectivity index (χ0n) is 15.1. The fraction of sp³-hybridized carbons (Fsp3) is 0.474. The molecule has 1 amide bonds. The van der Waals surface area contributed by atoms with Gasteiger partial charge in [0.15, 0.2) is 0 Å². The highest BCUT2D eigenvalue weighted by molar-refractivity contribution is 6.03. The van der Waals surface area contributed by atoms with Crippen LogP contribution >= 0.6 is 0 Å². The third-order valence-electron chi connectivity index (χ3n) is 4.05. The number of amides is 1. The Labute approximate surface area is 143 Å². The van der Waals surface area contributed by atoms with Gasteiger partial charge < -0.3 is 15.4 Å². The van der Waals surface area contributed by atoms with E-state index in [1.54, 1.807) is 0 Å². The van der Waals surface area contributed by atoms with E-state index in [0.29, 0.717) is 24.9 Å². The predicted octanol–water partition coefficient (Wildman–Crippen LogP) is 3.29. The van der Waals surface area contributed by atoms with Gasteiger partial charge in [0.2, 0.25) is 0 Å². The van der Waals surface area contributed by atoms with E-state index < -0.39 is 0 Å². The average molecular weight is 330 g/mol. The van der Waals surface area contributed by atoms with Gasteiger partial charge in [-0.15, -0.1) is 0 Å². The Balaban J connectivity index is 2.18. The lowest BCUT2D eigenvalue weighted by Gasteiger charge is -2.33. The summed E-state index contributed by atoms with van der Waals surface area (Å²) in [6.07, 6.45) is 3.03. The number of aryl methyl sites for hydroxylation is 1. The van der Waals surface area contributed by atoms with Gasteiger partial charge in [0.05, 0.1) is 23.9 Å². The number of ether oxygens (including phenoxy) is 1. The zero-order valence-corrected chi connectivity index (χ0v) is 15.1. The molecule has 0 atom stereocenters. The first-order chi connectivity index (χ1) is 11.2. The maximum atomic E-state index is 12.6. The Morgan fingerprint density at radius 3 is 2.62 bits per heavy atom. The highest BCUT2D eigenvalue weighted by atomic mass is 16.5. The van der Waals surface area contributed by atoms with Gasteiger partial charge in [0.1, 0.15) is 0 Å². The predicted molar refractivity (Wildman–Crippen MR) is 96.1 cm³/mol. The Hall–Kier alpha value is -2.30. The van der Waals surface area contributed by atoms with Gasteiger partial charge in [-0.2, -0.15) is 0 Å². The molecule has 130 valence electrons. The number of hydrogen-bond donors (Lipinski definition) is 2. The highest BCUT2D eigenvalue weighted by Gasteiger charge is 2.26. The SMILES string of the molecule is COC(=O)CCCNC(=O)c1cc(C)cc2c1NC(C)(C)C=C2C. The molecule has 0 spiro atoms. The summed E-state index contributed by atoms with van der Waals surface area (Å²) in [7, 11) is 1.36. The summed E-state index contributed by atoms with van der Waals surface area (Å²) in [6, 6.07) is 3.99. The van der Waals surface area contributed by atoms with E-state index in [1.165, 1.54) is 7.11 Å². The summed E-state index contributed by atoms with van der Waals surface area (Å²) in [5, 5.41) is 6.34. The van der Waals surface area contributed by atoms with Crippen LogP contribution in [-0.4, -0.2) is 31.1 Å². The van der Waals surface area contributed by atoms with Crippen LogP contribution in [0.15, 0.2) is 18.2 Å². The fourth-order valence-corrected chi connectivity index (χ4v) is 3.02. The molecule has 1 aromatic rings. The van der Waals surface area contributed by atoms with Crippen molar-refractivity contribution in [1.82, 2.24) is 5.32 Å². The van der Waals surface area contributed by atoms with Crippen molar-refractivity contribution < 1.29 is 14.3 Å². The van der Waals surface area contributed by atoms with Crippen molar-refractivity contribution in [3.8, 4) is 0 Å². The third-order valence-corrected chi connectivity index (χ3v) is 4.05. The molecule has 5 heteroatoms. The number of nitrogens with one attached hydrogen (secondary N) is 2. The van der Waals surface area contributed by atoms with E-state index in [0.717, 1.165) is 22.4 Å². The molecule has 2 rings (SSSR count). The van der Waals surface area contributed by atoms with Gasteiger partial charge in [-0.1, -0.05) is 6.08 Å². The van der Waals surface area contributed by atoms with E-state index in [1.807, 2.05) is 13.0 Å². The smallest absolute Gasteiger partial charge is 0.305 e. The molecule has 24 heavy (non-hydrogen) atoms. The molecule has 5 nitrogen and oxygen atoms in total. The second-order valence-corrected chi connectivity index (χ2v) is 6.84. The molecule has 0 aliphatic carbocycles. The molecule has 1 aliphatic rings. The number of benzene rings is 1. The van der Waals surface area contributed by atoms with Crippen LogP contribution in [0.3, 0.4) is 0 Å². The van der Waals surface area contributed by atoms with Crippen LogP contribution in [0.2, 0.25) is 0 Å². The van der Waals surface area contributed by atoms with E-state index >= 15 is 0 Å². The summed E-state index contributed by atoms with van der Waals surface area (Å²) >= 11 is 0. The number of hydrogen-bond acceptors (Lipinski definition) is 4. The molecule has 0 unspecified atom stereocenters. The molecule has 2 N–H and O–H groups in total. The van der Waals surface area contributed by atoms with Gasteiger partial charge in [-0.3, -0.25) is 9.59 Å². The van der Waals surface area contributed by atoms with Crippen LogP contribution in [0.5, 0.6) is 0 Å². The minimum absolute atomic E-state index is 0.127. The van der Waals surface area contributed by atoms with Crippen LogP contribution in [0.4, 0.5) is 5.69 Å². The number of carbonyl (C=O) groups is 2. The minimum Gasteiger partial charge on any atom is -0.469 e. The maximum Gasteiger partial charge on any atom is 0.305 e. The Bertz CT molecular complexity index is 690. The molecule has 0 saturated carbocycles. The lowest BCUT2D eigenvalue weighted by molar-refractivity contribution is -0.140. The Kier molecular flexibility index (Phi) is 5.32. The summed E-state index contributed by atoms with van der Waals surface area (Å²) in [5.41, 5.74) is 4.58. The van der Waals surface area contributed by atoms with Crippen LogP contribution in [0, 0.1) is 6.92 Å². The zero-order chi connectivity index (χ0) is 17.9. The number of esters is 1. The number of methoxy groups -OCH3 is 1. The molecular weight excluding hydrogens is 304 g/mol. The van der Waals surface area contributed by atoms with Gasteiger partial charge >= 0.3 is 5.97 Å². The largest absolute Gasteiger partial charge is 0.469 e. The van der Waals surface area contributed by atoms with E-state index in [4.69, 9.17) is 0 Å². The van der Waals surface area contributed by atoms with Crippen molar-refractivity contribution >= 4 is 23.1 Å². The van der Waals surface area contributed by atoms with Crippen LogP contribution in [-0.2, 0) is 9.53 Å². The van der Waals surface area contributed by atoms with E-state index in [-0.39, 0.29) is 17.4 Å². The van der Waals surface area contributed by atoms with Crippen molar-refractivity contribution in [2.24, 2.45) is 0 Å². The van der Waals surface area contributed by atoms with Crippen molar-refractivity contribution in [3.63, 3.8) is 0 Å². The normalized spacial score (nSPS) is 15.0. The molecular formula is C19H26N2O3. The molecule has 1 aromatic carbocycles. The number of fused-ring (bicyclic) bond motifs is 1. The summed E-state index contributed by atoms with van der Waals surface area (Å²) in [4.78, 5) is 23.7. The second kappa shape index (κ2) is 7.07. The van der Waals surface area contributed by atoms with E-state index in [2.05, 4.69) is 48.3 Å². The number of allylic oxidation sites excluding steroid dienone is 1. The fourth-order valence-electron chi connectivity index (χ4n) is 3.02. The van der Waals surface area contributed by atoms with Crippen molar-refractivity contribution in [3.05, 3.63) is 34.9 Å². The van der Waals surface area contributed by atoms with Gasteiger partial charge in [0.25, 0.3) is 5.91 Å². The first-order valence-corrected chi connectivity index (χ1v) is 8.21. The molecule has 0 fully saturated rings. The van der Waals surface area contributed by atoms with Crippen molar-refractivity contribution in [2.75, 3.05) is 19.0 Å². The van der Waals surface area contributed by atoms with Gasteiger partial charge in [-0.25, -0.2) is 0 Å². The topological polar surface area (TPSA) is 67.4 Å². The Morgan fingerprint density at radius 2 is 1.96 bits per heavy atom. The van der Waals surface area contributed by atoms with E-state index in [9.17, 15) is 9.59 Å². The summed E-state index contributed by atoms with van der Waals surface area (Å²) < 4.78 is 4.60. The van der Waals surface area contributed by atoms with Crippen molar-refractivity contribution in [1.29, 1.82) is 0 Å². The minimum atomic E-state index is -0.263. The molecule has 1 heterocycles. The van der Waals surface area contributed by atoms with Crippen LogP contribution in [0.1, 0.15) is 55.1 Å². The molecule has 0 saturated heterocycles. The molecule has 0 aromatic heterocycles. The standard InChI is InChI=1S/C19H26N2O3/c1-12-9-14-13(2)11-19(3,4)21-17(14)15(10-12)18(23)20-8-6-7-16(22)24-5/h9-11,21H,6-8H2,1-5H3,(H,20,23). The quantitative estimate of drug-likeness (QED) is 0.642. The second-order valence-electron chi connectivity index (χ2n) is 6.84. The lowest BCUT2D eigenvalue weighted by atomic mass is 9.88. The van der Waals surface area contributed by atoms with Crippen LogP contribution in [0.25, 0.3) is 5.57 Å². The van der Waals surface area contributed by atoms with Gasteiger partial charge in [0, 0.05) is 18.5 Å². The number of carbonyl (C=O) groups excluding carboxylic acids is 2. The maximum absolute atomic E-state index is 12.6. The molecule has 1 aliphatic heterocycles. The van der Waals surface area contributed by atoms with Crippen molar-refractivity contribution in [2.45, 2.75) is 46.1 Å². The first kappa shape index (κ1) is 18.0. The molecule has 0 bridgehead atoms. The Morgan fingerprint density at radius 1 is 1.25 bits per heavy atom. The summed E-state index contributed by atoms with van der Waals surface area (Å²) in [6.45, 7) is 8.66. The number of rotatable bonds is 5. The lowest BCUT2D eigenvalue weighted by Crippen LogP contribution is -2.34. The number of anilines is 1.